The summed E-state index contributed by atoms with van der Waals surface area (Å²) >= 11 is 0. The maximum atomic E-state index is 12.6. The zero-order chi connectivity index (χ0) is 19.6. The molecule has 2 N–H and O–H groups in total. The molecule has 0 aromatic carbocycles. The summed E-state index contributed by atoms with van der Waals surface area (Å²) < 4.78 is 31.4. The van der Waals surface area contributed by atoms with Gasteiger partial charge in [0.05, 0.1) is 0 Å². The van der Waals surface area contributed by atoms with E-state index in [4.69, 9.17) is 9.52 Å². The molecule has 2 fully saturated rings. The van der Waals surface area contributed by atoms with Crippen LogP contribution in [-0.2, 0) is 14.8 Å². The number of furan rings is 1. The van der Waals surface area contributed by atoms with E-state index < -0.39 is 21.8 Å². The van der Waals surface area contributed by atoms with Crippen molar-refractivity contribution in [3.63, 3.8) is 0 Å². The summed E-state index contributed by atoms with van der Waals surface area (Å²) in [6.45, 7) is 2.47. The van der Waals surface area contributed by atoms with E-state index in [1.54, 1.807) is 0 Å². The van der Waals surface area contributed by atoms with E-state index in [-0.39, 0.29) is 36.0 Å². The van der Waals surface area contributed by atoms with Crippen LogP contribution in [0.25, 0.3) is 0 Å². The lowest BCUT2D eigenvalue weighted by Crippen LogP contribution is -2.46. The minimum Gasteiger partial charge on any atom is -0.475 e. The molecule has 1 atom stereocenters. The highest BCUT2D eigenvalue weighted by Crippen LogP contribution is 2.29. The van der Waals surface area contributed by atoms with E-state index >= 15 is 0 Å². The van der Waals surface area contributed by atoms with Crippen molar-refractivity contribution in [2.75, 3.05) is 13.1 Å². The van der Waals surface area contributed by atoms with Crippen LogP contribution in [0, 0.1) is 11.8 Å². The average molecular weight is 398 g/mol. The second-order valence-corrected chi connectivity index (χ2v) is 9.31. The molecule has 3 rings (SSSR count). The Morgan fingerprint density at radius 1 is 1.19 bits per heavy atom. The van der Waals surface area contributed by atoms with Crippen molar-refractivity contribution < 1.29 is 27.5 Å². The Hall–Kier alpha value is -1.87. The van der Waals surface area contributed by atoms with E-state index in [9.17, 15) is 18.0 Å². The predicted molar refractivity (Wildman–Crippen MR) is 96.7 cm³/mol. The molecule has 0 radical (unpaired) electrons. The summed E-state index contributed by atoms with van der Waals surface area (Å²) in [5, 5.41) is 11.6. The van der Waals surface area contributed by atoms with Crippen LogP contribution in [0.15, 0.2) is 21.6 Å². The number of carboxylic acids is 1. The van der Waals surface area contributed by atoms with Crippen LogP contribution >= 0.6 is 0 Å². The van der Waals surface area contributed by atoms with Gasteiger partial charge in [-0.3, -0.25) is 4.79 Å². The minimum atomic E-state index is -3.89. The molecule has 2 aliphatic rings. The fourth-order valence-electron chi connectivity index (χ4n) is 3.98. The molecule has 2 heterocycles. The monoisotopic (exact) mass is 398 g/mol. The third-order valence-electron chi connectivity index (χ3n) is 5.69. The largest absolute Gasteiger partial charge is 0.475 e. The van der Waals surface area contributed by atoms with Gasteiger partial charge in [-0.05, 0) is 50.7 Å². The van der Waals surface area contributed by atoms with Gasteiger partial charge in [-0.2, -0.15) is 4.31 Å². The second kappa shape index (κ2) is 8.02. The van der Waals surface area contributed by atoms with Crippen LogP contribution in [-0.4, -0.2) is 48.8 Å². The fourth-order valence-corrected chi connectivity index (χ4v) is 5.36. The van der Waals surface area contributed by atoms with Crippen LogP contribution in [0.2, 0.25) is 0 Å². The highest BCUT2D eigenvalue weighted by molar-refractivity contribution is 7.89. The van der Waals surface area contributed by atoms with Crippen LogP contribution in [0.5, 0.6) is 0 Å². The van der Waals surface area contributed by atoms with E-state index in [1.807, 2.05) is 6.92 Å². The van der Waals surface area contributed by atoms with Crippen LogP contribution in [0.4, 0.5) is 0 Å². The van der Waals surface area contributed by atoms with Crippen LogP contribution < -0.4 is 5.32 Å². The summed E-state index contributed by atoms with van der Waals surface area (Å²) in [6, 6.07) is 2.43. The number of carboxylic acid groups (broad SMARTS) is 1. The Kier molecular flexibility index (Phi) is 5.90. The number of hydrogen-bond donors (Lipinski definition) is 2. The lowest BCUT2D eigenvalue weighted by molar-refractivity contribution is -0.127. The van der Waals surface area contributed by atoms with Crippen molar-refractivity contribution in [2.45, 2.75) is 56.6 Å². The van der Waals surface area contributed by atoms with Crippen molar-refractivity contribution in [1.82, 2.24) is 9.62 Å². The number of rotatable bonds is 6. The molecule has 27 heavy (non-hydrogen) atoms. The van der Waals surface area contributed by atoms with Gasteiger partial charge in [0.2, 0.25) is 16.8 Å². The second-order valence-electron chi connectivity index (χ2n) is 7.44. The molecular weight excluding hydrogens is 372 g/mol. The van der Waals surface area contributed by atoms with E-state index in [0.29, 0.717) is 18.8 Å². The highest BCUT2D eigenvalue weighted by atomic mass is 32.2. The molecule has 150 valence electrons. The summed E-state index contributed by atoms with van der Waals surface area (Å²) in [5.41, 5.74) is 0. The molecule has 8 nitrogen and oxygen atoms in total. The highest BCUT2D eigenvalue weighted by Gasteiger charge is 2.35. The number of carbonyl (C=O) groups excluding carboxylic acids is 1. The Morgan fingerprint density at radius 2 is 1.81 bits per heavy atom. The SMILES string of the molecule is CC(NC(=O)C1CCN(S(=O)(=O)c2ccc(C(=O)O)o2)CC1)C1CCCC1. The molecule has 1 unspecified atom stereocenters. The molecule has 1 aromatic heterocycles. The average Bonchev–Trinajstić information content (AvgIpc) is 3.33. The first-order valence-corrected chi connectivity index (χ1v) is 10.9. The quantitative estimate of drug-likeness (QED) is 0.758. The molecule has 0 bridgehead atoms. The topological polar surface area (TPSA) is 117 Å². The third kappa shape index (κ3) is 4.35. The number of carbonyl (C=O) groups is 2. The summed E-state index contributed by atoms with van der Waals surface area (Å²) in [5.74, 6) is -1.40. The Bertz CT molecular complexity index is 789. The zero-order valence-electron chi connectivity index (χ0n) is 15.4. The molecule has 1 amide bonds. The summed E-state index contributed by atoms with van der Waals surface area (Å²) in [4.78, 5) is 23.4. The first-order chi connectivity index (χ1) is 12.8. The third-order valence-corrected chi connectivity index (χ3v) is 7.46. The van der Waals surface area contributed by atoms with Crippen LogP contribution in [0.1, 0.15) is 56.0 Å². The normalized spacial score (nSPS) is 21.2. The minimum absolute atomic E-state index is 0.00221. The number of sulfonamides is 1. The van der Waals surface area contributed by atoms with Crippen molar-refractivity contribution in [2.24, 2.45) is 11.8 Å². The lowest BCUT2D eigenvalue weighted by Gasteiger charge is -2.31. The standard InChI is InChI=1S/C18H26N2O6S/c1-12(13-4-2-3-5-13)19-17(21)14-8-10-20(11-9-14)27(24,25)16-7-6-15(26-16)18(22)23/h6-7,12-14H,2-5,8-11H2,1H3,(H,19,21)(H,22,23). The van der Waals surface area contributed by atoms with Gasteiger partial charge in [0.1, 0.15) is 0 Å². The van der Waals surface area contributed by atoms with Gasteiger partial charge in [-0.15, -0.1) is 0 Å². The number of nitrogens with one attached hydrogen (secondary N) is 1. The van der Waals surface area contributed by atoms with E-state index in [1.165, 1.54) is 17.1 Å². The van der Waals surface area contributed by atoms with Gasteiger partial charge < -0.3 is 14.8 Å². The molecule has 1 saturated carbocycles. The Balaban J connectivity index is 1.55. The fraction of sp³-hybridized carbons (Fsp3) is 0.667. The number of hydrogen-bond acceptors (Lipinski definition) is 5. The number of amides is 1. The predicted octanol–water partition coefficient (Wildman–Crippen LogP) is 2.07. The maximum absolute atomic E-state index is 12.6. The maximum Gasteiger partial charge on any atom is 0.371 e. The molecule has 1 aliphatic heterocycles. The molecule has 0 spiro atoms. The van der Waals surface area contributed by atoms with Gasteiger partial charge in [0.25, 0.3) is 10.0 Å². The van der Waals surface area contributed by atoms with Crippen molar-refractivity contribution in [3.05, 3.63) is 17.9 Å². The molecule has 1 aromatic rings. The van der Waals surface area contributed by atoms with Gasteiger partial charge >= 0.3 is 5.97 Å². The number of nitrogens with zero attached hydrogens (tertiary/aromatic N) is 1. The number of aromatic carboxylic acids is 1. The zero-order valence-corrected chi connectivity index (χ0v) is 16.2. The first kappa shape index (κ1) is 19.9. The Morgan fingerprint density at radius 3 is 2.37 bits per heavy atom. The first-order valence-electron chi connectivity index (χ1n) is 9.42. The van der Waals surface area contributed by atoms with E-state index in [2.05, 4.69) is 5.32 Å². The Labute approximate surface area is 159 Å². The number of piperidine rings is 1. The molecule has 1 saturated heterocycles. The van der Waals surface area contributed by atoms with Crippen LogP contribution in [0.3, 0.4) is 0 Å². The van der Waals surface area contributed by atoms with Crippen molar-refractivity contribution >= 4 is 21.9 Å². The molecule has 9 heteroatoms. The smallest absolute Gasteiger partial charge is 0.371 e. The van der Waals surface area contributed by atoms with Crippen molar-refractivity contribution in [1.29, 1.82) is 0 Å². The lowest BCUT2D eigenvalue weighted by atomic mass is 9.94. The molecule has 1 aliphatic carbocycles. The van der Waals surface area contributed by atoms with E-state index in [0.717, 1.165) is 25.0 Å². The summed E-state index contributed by atoms with van der Waals surface area (Å²) in [7, 11) is -3.89. The molecular formula is C18H26N2O6S. The van der Waals surface area contributed by atoms with Crippen molar-refractivity contribution in [3.8, 4) is 0 Å². The van der Waals surface area contributed by atoms with Gasteiger partial charge in [-0.1, -0.05) is 12.8 Å². The summed E-state index contributed by atoms with van der Waals surface area (Å²) in [6.07, 6.45) is 5.62. The van der Waals surface area contributed by atoms with Gasteiger partial charge in [-0.25, -0.2) is 13.2 Å². The van der Waals surface area contributed by atoms with Gasteiger partial charge in [0, 0.05) is 25.0 Å². The van der Waals surface area contributed by atoms with Gasteiger partial charge in [0.15, 0.2) is 0 Å².